The first kappa shape index (κ1) is 16.8. The van der Waals surface area contributed by atoms with Gasteiger partial charge in [0.1, 0.15) is 5.82 Å². The normalized spacial score (nSPS) is 10.5. The van der Waals surface area contributed by atoms with E-state index in [1.54, 1.807) is 6.07 Å². The number of aryl methyl sites for hydroxylation is 1. The third-order valence-corrected chi connectivity index (χ3v) is 3.69. The number of nitrogens with zero attached hydrogens (tertiary/aromatic N) is 2. The van der Waals surface area contributed by atoms with Crippen LogP contribution in [-0.4, -0.2) is 23.1 Å². The fraction of sp³-hybridized carbons (Fsp3) is 0.375. The van der Waals surface area contributed by atoms with E-state index in [1.807, 2.05) is 25.1 Å². The van der Waals surface area contributed by atoms with Crippen LogP contribution in [0.15, 0.2) is 24.3 Å². The molecule has 0 saturated heterocycles. The second-order valence-electron chi connectivity index (χ2n) is 5.06. The zero-order valence-electron chi connectivity index (χ0n) is 12.8. The third kappa shape index (κ3) is 5.04. The summed E-state index contributed by atoms with van der Waals surface area (Å²) in [5, 5.41) is 7.84. The Morgan fingerprint density at radius 3 is 2.59 bits per heavy atom. The first-order chi connectivity index (χ1) is 10.6. The first-order valence-electron chi connectivity index (χ1n) is 7.36. The van der Waals surface area contributed by atoms with Crippen LogP contribution >= 0.6 is 23.2 Å². The zero-order valence-corrected chi connectivity index (χ0v) is 14.3. The number of nitrogens with one attached hydrogen (secondary N) is 2. The molecule has 6 heteroatoms. The molecule has 0 aliphatic heterocycles. The topological polar surface area (TPSA) is 49.8 Å². The van der Waals surface area contributed by atoms with Gasteiger partial charge in [0.25, 0.3) is 0 Å². The quantitative estimate of drug-likeness (QED) is 0.776. The summed E-state index contributed by atoms with van der Waals surface area (Å²) < 4.78 is 0. The molecule has 0 spiro atoms. The molecule has 4 nitrogen and oxygen atoms in total. The van der Waals surface area contributed by atoms with Crippen molar-refractivity contribution in [2.45, 2.75) is 26.7 Å². The molecule has 0 unspecified atom stereocenters. The zero-order chi connectivity index (χ0) is 15.9. The number of halogens is 2. The Labute approximate surface area is 141 Å². The standard InChI is InChI=1S/C16H20Cl2N4/c1-3-7-19-15-9-11(2)21-16(22-15)20-8-6-12-4-5-13(17)10-14(12)18/h4-5,9-10H,3,6-8H2,1-2H3,(H2,19,20,21,22). The lowest BCUT2D eigenvalue weighted by atomic mass is 10.1. The molecule has 0 radical (unpaired) electrons. The van der Waals surface area contributed by atoms with Crippen molar-refractivity contribution in [3.8, 4) is 0 Å². The lowest BCUT2D eigenvalue weighted by Gasteiger charge is -2.10. The van der Waals surface area contributed by atoms with Gasteiger partial charge in [-0.15, -0.1) is 0 Å². The molecule has 1 heterocycles. The molecule has 2 aromatic rings. The van der Waals surface area contributed by atoms with Gasteiger partial charge in [-0.05, 0) is 37.5 Å². The Kier molecular flexibility index (Phi) is 6.28. The maximum Gasteiger partial charge on any atom is 0.224 e. The maximum absolute atomic E-state index is 6.17. The van der Waals surface area contributed by atoms with Gasteiger partial charge in [-0.3, -0.25) is 0 Å². The number of aromatic nitrogens is 2. The maximum atomic E-state index is 6.17. The molecule has 0 aliphatic rings. The van der Waals surface area contributed by atoms with E-state index in [0.717, 1.165) is 36.5 Å². The molecule has 1 aromatic carbocycles. The van der Waals surface area contributed by atoms with Crippen molar-refractivity contribution in [3.05, 3.63) is 45.6 Å². The van der Waals surface area contributed by atoms with Crippen molar-refractivity contribution in [1.82, 2.24) is 9.97 Å². The van der Waals surface area contributed by atoms with Gasteiger partial charge in [0.2, 0.25) is 5.95 Å². The Hall–Kier alpha value is -1.52. The minimum absolute atomic E-state index is 0.628. The molecule has 1 aromatic heterocycles. The molecular weight excluding hydrogens is 319 g/mol. The van der Waals surface area contributed by atoms with Crippen LogP contribution in [0.3, 0.4) is 0 Å². The molecule has 2 rings (SSSR count). The van der Waals surface area contributed by atoms with E-state index in [4.69, 9.17) is 23.2 Å². The van der Waals surface area contributed by atoms with Crippen molar-refractivity contribution < 1.29 is 0 Å². The molecule has 0 saturated carbocycles. The summed E-state index contributed by atoms with van der Waals surface area (Å²) in [6.45, 7) is 5.68. The van der Waals surface area contributed by atoms with Gasteiger partial charge in [-0.2, -0.15) is 4.98 Å². The minimum atomic E-state index is 0.628. The van der Waals surface area contributed by atoms with Crippen molar-refractivity contribution in [2.75, 3.05) is 23.7 Å². The predicted molar refractivity (Wildman–Crippen MR) is 94.2 cm³/mol. The average Bonchev–Trinajstić information content (AvgIpc) is 2.47. The molecular formula is C16H20Cl2N4. The van der Waals surface area contributed by atoms with Gasteiger partial charge in [0.05, 0.1) is 0 Å². The Morgan fingerprint density at radius 1 is 1.05 bits per heavy atom. The number of hydrogen-bond donors (Lipinski definition) is 2. The third-order valence-electron chi connectivity index (χ3n) is 3.10. The van der Waals surface area contributed by atoms with Crippen molar-refractivity contribution in [2.24, 2.45) is 0 Å². The van der Waals surface area contributed by atoms with E-state index in [2.05, 4.69) is 27.5 Å². The van der Waals surface area contributed by atoms with Crippen LogP contribution in [0.4, 0.5) is 11.8 Å². The summed E-state index contributed by atoms with van der Waals surface area (Å²) in [6, 6.07) is 7.49. The van der Waals surface area contributed by atoms with Crippen LogP contribution < -0.4 is 10.6 Å². The molecule has 2 N–H and O–H groups in total. The Bertz CT molecular complexity index is 632. The van der Waals surface area contributed by atoms with Crippen LogP contribution in [0.5, 0.6) is 0 Å². The van der Waals surface area contributed by atoms with Crippen LogP contribution in [0.1, 0.15) is 24.6 Å². The van der Waals surface area contributed by atoms with Gasteiger partial charge in [-0.1, -0.05) is 36.2 Å². The van der Waals surface area contributed by atoms with E-state index < -0.39 is 0 Å². The number of anilines is 2. The Morgan fingerprint density at radius 2 is 1.86 bits per heavy atom. The summed E-state index contributed by atoms with van der Waals surface area (Å²) in [4.78, 5) is 8.84. The Balaban J connectivity index is 1.94. The summed E-state index contributed by atoms with van der Waals surface area (Å²) in [5.74, 6) is 1.48. The van der Waals surface area contributed by atoms with E-state index in [0.29, 0.717) is 22.5 Å². The monoisotopic (exact) mass is 338 g/mol. The highest BCUT2D eigenvalue weighted by Crippen LogP contribution is 2.21. The lowest BCUT2D eigenvalue weighted by Crippen LogP contribution is -2.11. The van der Waals surface area contributed by atoms with Crippen LogP contribution in [0, 0.1) is 6.92 Å². The van der Waals surface area contributed by atoms with Gasteiger partial charge in [0.15, 0.2) is 0 Å². The van der Waals surface area contributed by atoms with Crippen molar-refractivity contribution in [3.63, 3.8) is 0 Å². The summed E-state index contributed by atoms with van der Waals surface area (Å²) in [6.07, 6.45) is 1.84. The number of rotatable bonds is 7. The second kappa shape index (κ2) is 8.20. The largest absolute Gasteiger partial charge is 0.370 e. The van der Waals surface area contributed by atoms with E-state index in [-0.39, 0.29) is 0 Å². The predicted octanol–water partition coefficient (Wildman–Crippen LogP) is 4.57. The van der Waals surface area contributed by atoms with Gasteiger partial charge in [-0.25, -0.2) is 4.98 Å². The summed E-state index contributed by atoms with van der Waals surface area (Å²) >= 11 is 12.1. The molecule has 0 aliphatic carbocycles. The lowest BCUT2D eigenvalue weighted by molar-refractivity contribution is 0.947. The van der Waals surface area contributed by atoms with E-state index in [1.165, 1.54) is 0 Å². The molecule has 0 amide bonds. The van der Waals surface area contributed by atoms with Crippen molar-refractivity contribution >= 4 is 35.0 Å². The van der Waals surface area contributed by atoms with Gasteiger partial charge < -0.3 is 10.6 Å². The fourth-order valence-electron chi connectivity index (χ4n) is 2.02. The minimum Gasteiger partial charge on any atom is -0.370 e. The van der Waals surface area contributed by atoms with Gasteiger partial charge in [0, 0.05) is 34.9 Å². The number of benzene rings is 1. The molecule has 0 atom stereocenters. The fourth-order valence-corrected chi connectivity index (χ4v) is 2.53. The number of hydrogen-bond acceptors (Lipinski definition) is 4. The highest BCUT2D eigenvalue weighted by Gasteiger charge is 2.04. The van der Waals surface area contributed by atoms with E-state index in [9.17, 15) is 0 Å². The second-order valence-corrected chi connectivity index (χ2v) is 5.90. The summed E-state index contributed by atoms with van der Waals surface area (Å²) in [5.41, 5.74) is 1.98. The van der Waals surface area contributed by atoms with E-state index >= 15 is 0 Å². The average molecular weight is 339 g/mol. The molecule has 22 heavy (non-hydrogen) atoms. The van der Waals surface area contributed by atoms with Crippen LogP contribution in [0.2, 0.25) is 10.0 Å². The SMILES string of the molecule is CCCNc1cc(C)nc(NCCc2ccc(Cl)cc2Cl)n1. The smallest absolute Gasteiger partial charge is 0.224 e. The van der Waals surface area contributed by atoms with Crippen molar-refractivity contribution in [1.29, 1.82) is 0 Å². The van der Waals surface area contributed by atoms with Gasteiger partial charge >= 0.3 is 0 Å². The molecule has 118 valence electrons. The van der Waals surface area contributed by atoms with Crippen LogP contribution in [-0.2, 0) is 6.42 Å². The highest BCUT2D eigenvalue weighted by molar-refractivity contribution is 6.35. The van der Waals surface area contributed by atoms with Crippen LogP contribution in [0.25, 0.3) is 0 Å². The molecule has 0 bridgehead atoms. The summed E-state index contributed by atoms with van der Waals surface area (Å²) in [7, 11) is 0. The first-order valence-corrected chi connectivity index (χ1v) is 8.11. The highest BCUT2D eigenvalue weighted by atomic mass is 35.5. The molecule has 0 fully saturated rings.